The molecule has 3 rings (SSSR count). The van der Waals surface area contributed by atoms with E-state index in [0.717, 1.165) is 37.2 Å². The first-order valence-electron chi connectivity index (χ1n) is 9.92. The third kappa shape index (κ3) is 5.39. The first-order valence-corrected chi connectivity index (χ1v) is 10.3. The van der Waals surface area contributed by atoms with Gasteiger partial charge >= 0.3 is 0 Å². The highest BCUT2D eigenvalue weighted by molar-refractivity contribution is 6.30. The molecule has 1 atom stereocenters. The minimum Gasteiger partial charge on any atom is -0.371 e. The van der Waals surface area contributed by atoms with Crippen LogP contribution in [0.2, 0.25) is 5.02 Å². The van der Waals surface area contributed by atoms with Gasteiger partial charge in [0.25, 0.3) is 0 Å². The molecule has 29 heavy (non-hydrogen) atoms. The monoisotopic (exact) mass is 420 g/mol. The maximum atomic E-state index is 6.18. The molecule has 1 aliphatic heterocycles. The van der Waals surface area contributed by atoms with E-state index < -0.39 is 0 Å². The number of benzene rings is 1. The molecule has 1 aromatic heterocycles. The quantitative estimate of drug-likeness (QED) is 0.568. The van der Waals surface area contributed by atoms with Crippen LogP contribution in [0.3, 0.4) is 0 Å². The fraction of sp³-hybridized carbons (Fsp3) is 0.550. The van der Waals surface area contributed by atoms with Crippen molar-refractivity contribution in [1.82, 2.24) is 20.4 Å². The Morgan fingerprint density at radius 2 is 2.10 bits per heavy atom. The second kappa shape index (κ2) is 9.93. The number of nitrogens with one attached hydrogen (secondary N) is 1. The summed E-state index contributed by atoms with van der Waals surface area (Å²) >= 11 is 6.18. The molecule has 8 nitrogen and oxygen atoms in total. The van der Waals surface area contributed by atoms with Crippen LogP contribution in [0, 0.1) is 6.92 Å². The van der Waals surface area contributed by atoms with E-state index in [0.29, 0.717) is 24.9 Å². The molecule has 0 saturated carbocycles. The van der Waals surface area contributed by atoms with E-state index in [1.165, 1.54) is 11.3 Å². The molecular formula is C20H29ClN6O2. The Morgan fingerprint density at radius 3 is 2.79 bits per heavy atom. The molecule has 9 heteroatoms. The first kappa shape index (κ1) is 21.4. The summed E-state index contributed by atoms with van der Waals surface area (Å²) < 4.78 is 10.8. The van der Waals surface area contributed by atoms with Crippen molar-refractivity contribution in [2.24, 2.45) is 4.99 Å². The van der Waals surface area contributed by atoms with E-state index in [2.05, 4.69) is 43.2 Å². The van der Waals surface area contributed by atoms with Crippen molar-refractivity contribution in [1.29, 1.82) is 0 Å². The number of aromatic nitrogens is 2. The fourth-order valence-electron chi connectivity index (χ4n) is 3.40. The molecule has 1 unspecified atom stereocenters. The summed E-state index contributed by atoms with van der Waals surface area (Å²) in [4.78, 5) is 13.4. The van der Waals surface area contributed by atoms with Gasteiger partial charge in [-0.05, 0) is 38.5 Å². The standard InChI is InChI=1S/C20H29ClN6O2/c1-5-28-15(3)19-24-18(29-25-19)13-23-20(22-4)27-10-8-26(9-11-27)17-12-16(21)7-6-14(17)2/h6-7,12,15H,5,8-11,13H2,1-4H3,(H,22,23). The highest BCUT2D eigenvalue weighted by Crippen LogP contribution is 2.25. The van der Waals surface area contributed by atoms with E-state index in [1.807, 2.05) is 26.0 Å². The van der Waals surface area contributed by atoms with Crippen LogP contribution in [-0.4, -0.2) is 60.8 Å². The van der Waals surface area contributed by atoms with Gasteiger partial charge in [0.1, 0.15) is 6.10 Å². The number of halogens is 1. The van der Waals surface area contributed by atoms with Crippen molar-refractivity contribution < 1.29 is 9.26 Å². The van der Waals surface area contributed by atoms with Gasteiger partial charge in [0.05, 0.1) is 6.54 Å². The first-order chi connectivity index (χ1) is 14.0. The third-order valence-corrected chi connectivity index (χ3v) is 5.20. The van der Waals surface area contributed by atoms with Gasteiger partial charge in [-0.15, -0.1) is 0 Å². The SMILES string of the molecule is CCOC(C)c1noc(CNC(=NC)N2CCN(c3cc(Cl)ccc3C)CC2)n1. The largest absolute Gasteiger partial charge is 0.371 e. The maximum absolute atomic E-state index is 6.18. The number of piperazine rings is 1. The van der Waals surface area contributed by atoms with Crippen molar-refractivity contribution >= 4 is 23.2 Å². The Hall–Kier alpha value is -2.32. The van der Waals surface area contributed by atoms with Crippen LogP contribution in [0.15, 0.2) is 27.7 Å². The number of guanidine groups is 1. The number of ether oxygens (including phenoxy) is 1. The summed E-state index contributed by atoms with van der Waals surface area (Å²) in [6.45, 7) is 10.5. The molecule has 0 aliphatic carbocycles. The van der Waals surface area contributed by atoms with Crippen LogP contribution in [0.4, 0.5) is 5.69 Å². The van der Waals surface area contributed by atoms with Gasteiger partial charge < -0.3 is 24.4 Å². The van der Waals surface area contributed by atoms with Crippen molar-refractivity contribution in [3.8, 4) is 0 Å². The van der Waals surface area contributed by atoms with Gasteiger partial charge in [0.2, 0.25) is 5.89 Å². The third-order valence-electron chi connectivity index (χ3n) is 4.96. The summed E-state index contributed by atoms with van der Waals surface area (Å²) in [5, 5.41) is 8.07. The zero-order valence-electron chi connectivity index (χ0n) is 17.5. The summed E-state index contributed by atoms with van der Waals surface area (Å²) in [6.07, 6.45) is -0.181. The van der Waals surface area contributed by atoms with E-state index in [4.69, 9.17) is 20.9 Å². The predicted octanol–water partition coefficient (Wildman–Crippen LogP) is 3.03. The smallest absolute Gasteiger partial charge is 0.246 e. The highest BCUT2D eigenvalue weighted by Gasteiger charge is 2.21. The van der Waals surface area contributed by atoms with E-state index in [9.17, 15) is 0 Å². The normalized spacial score (nSPS) is 16.2. The van der Waals surface area contributed by atoms with Gasteiger partial charge in [-0.25, -0.2) is 0 Å². The maximum Gasteiger partial charge on any atom is 0.246 e. The number of anilines is 1. The van der Waals surface area contributed by atoms with Crippen molar-refractivity contribution in [2.75, 3.05) is 44.7 Å². The highest BCUT2D eigenvalue weighted by atomic mass is 35.5. The number of hydrogen-bond donors (Lipinski definition) is 1. The van der Waals surface area contributed by atoms with E-state index in [-0.39, 0.29) is 6.10 Å². The number of nitrogens with zero attached hydrogens (tertiary/aromatic N) is 5. The van der Waals surface area contributed by atoms with Crippen molar-refractivity contribution in [3.63, 3.8) is 0 Å². The Kier molecular flexibility index (Phi) is 7.33. The molecule has 1 aromatic carbocycles. The molecule has 1 fully saturated rings. The summed E-state index contributed by atoms with van der Waals surface area (Å²) in [5.74, 6) is 1.90. The number of hydrogen-bond acceptors (Lipinski definition) is 6. The van der Waals surface area contributed by atoms with E-state index in [1.54, 1.807) is 7.05 Å². The molecule has 1 aliphatic rings. The molecule has 1 saturated heterocycles. The molecule has 2 aromatic rings. The Balaban J connectivity index is 1.54. The lowest BCUT2D eigenvalue weighted by Gasteiger charge is -2.38. The van der Waals surface area contributed by atoms with Crippen molar-refractivity contribution in [3.05, 3.63) is 40.5 Å². The average Bonchev–Trinajstić information content (AvgIpc) is 3.20. The Labute approximate surface area is 176 Å². The lowest BCUT2D eigenvalue weighted by molar-refractivity contribution is 0.0683. The summed E-state index contributed by atoms with van der Waals surface area (Å²) in [5.41, 5.74) is 2.43. The predicted molar refractivity (Wildman–Crippen MR) is 115 cm³/mol. The molecule has 0 amide bonds. The summed E-state index contributed by atoms with van der Waals surface area (Å²) in [6, 6.07) is 6.03. The second-order valence-electron chi connectivity index (χ2n) is 6.95. The average molecular weight is 421 g/mol. The zero-order chi connectivity index (χ0) is 20.8. The number of aryl methyl sites for hydroxylation is 1. The minimum atomic E-state index is -0.181. The van der Waals surface area contributed by atoms with Gasteiger partial charge in [-0.2, -0.15) is 4.98 Å². The Morgan fingerprint density at radius 1 is 1.34 bits per heavy atom. The number of aliphatic imine (C=N–C) groups is 1. The molecule has 0 bridgehead atoms. The van der Waals surface area contributed by atoms with Crippen LogP contribution in [0.25, 0.3) is 0 Å². The van der Waals surface area contributed by atoms with Gasteiger partial charge in [-0.3, -0.25) is 4.99 Å². The van der Waals surface area contributed by atoms with Crippen LogP contribution < -0.4 is 10.2 Å². The zero-order valence-corrected chi connectivity index (χ0v) is 18.2. The summed E-state index contributed by atoms with van der Waals surface area (Å²) in [7, 11) is 1.78. The van der Waals surface area contributed by atoms with Gasteiger partial charge in [-0.1, -0.05) is 22.8 Å². The molecule has 1 N–H and O–H groups in total. The molecular weight excluding hydrogens is 392 g/mol. The lowest BCUT2D eigenvalue weighted by Crippen LogP contribution is -2.52. The molecule has 158 valence electrons. The van der Waals surface area contributed by atoms with Crippen LogP contribution in [-0.2, 0) is 11.3 Å². The number of rotatable bonds is 6. The van der Waals surface area contributed by atoms with Gasteiger partial charge in [0.15, 0.2) is 11.8 Å². The second-order valence-corrected chi connectivity index (χ2v) is 7.39. The molecule has 2 heterocycles. The van der Waals surface area contributed by atoms with Crippen LogP contribution >= 0.6 is 11.6 Å². The van der Waals surface area contributed by atoms with Crippen molar-refractivity contribution in [2.45, 2.75) is 33.4 Å². The topological polar surface area (TPSA) is 79.0 Å². The van der Waals surface area contributed by atoms with Crippen LogP contribution in [0.1, 0.15) is 37.2 Å². The lowest BCUT2D eigenvalue weighted by atomic mass is 10.1. The Bertz CT molecular complexity index is 832. The molecule has 0 radical (unpaired) electrons. The van der Waals surface area contributed by atoms with Crippen LogP contribution in [0.5, 0.6) is 0 Å². The fourth-order valence-corrected chi connectivity index (χ4v) is 3.57. The van der Waals surface area contributed by atoms with Gasteiger partial charge in [0, 0.05) is 50.5 Å². The van der Waals surface area contributed by atoms with E-state index >= 15 is 0 Å². The minimum absolute atomic E-state index is 0.181. The molecule has 0 spiro atoms.